The van der Waals surface area contributed by atoms with Crippen LogP contribution in [0.1, 0.15) is 70.4 Å². The summed E-state index contributed by atoms with van der Waals surface area (Å²) in [4.78, 5) is 69.9. The first kappa shape index (κ1) is 42.3. The molecule has 63 heavy (non-hydrogen) atoms. The van der Waals surface area contributed by atoms with Gasteiger partial charge in [-0.3, -0.25) is 39.5 Å². The van der Waals surface area contributed by atoms with Crippen molar-refractivity contribution in [3.05, 3.63) is 136 Å². The van der Waals surface area contributed by atoms with E-state index in [0.29, 0.717) is 17.9 Å². The van der Waals surface area contributed by atoms with E-state index in [-0.39, 0.29) is 60.6 Å². The minimum atomic E-state index is -1.07. The lowest BCUT2D eigenvalue weighted by Gasteiger charge is -2.41. The van der Waals surface area contributed by atoms with Crippen LogP contribution in [-0.2, 0) is 23.2 Å². The highest BCUT2D eigenvalue weighted by atomic mass is 16.5. The van der Waals surface area contributed by atoms with Crippen molar-refractivity contribution in [1.29, 1.82) is 5.26 Å². The quantitative estimate of drug-likeness (QED) is 0.0652. The summed E-state index contributed by atoms with van der Waals surface area (Å²) in [6, 6.07) is 28.2. The Bertz CT molecular complexity index is 2600. The van der Waals surface area contributed by atoms with Crippen molar-refractivity contribution < 1.29 is 33.8 Å². The third-order valence-corrected chi connectivity index (χ3v) is 11.6. The molecule has 4 amide bonds. The number of benzene rings is 3. The van der Waals surface area contributed by atoms with E-state index in [1.54, 1.807) is 54.3 Å². The Kier molecular flexibility index (Phi) is 12.6. The summed E-state index contributed by atoms with van der Waals surface area (Å²) in [6.07, 6.45) is 5.76. The van der Waals surface area contributed by atoms with Crippen molar-refractivity contribution in [2.75, 3.05) is 23.4 Å². The number of hydrogen-bond donors (Lipinski definition) is 4. The number of imide groups is 2. The van der Waals surface area contributed by atoms with Crippen molar-refractivity contribution in [2.24, 2.45) is 7.05 Å². The number of aliphatic hydroxyl groups excluding tert-OH is 1. The maximum Gasteiger partial charge on any atom is 0.266 e. The number of rotatable bonds is 15. The van der Waals surface area contributed by atoms with E-state index in [1.807, 2.05) is 59.5 Å². The molecular weight excluding hydrogens is 805 g/mol. The van der Waals surface area contributed by atoms with Gasteiger partial charge in [-0.15, -0.1) is 0 Å². The highest BCUT2D eigenvalue weighted by Gasteiger charge is 2.46. The summed E-state index contributed by atoms with van der Waals surface area (Å²) >= 11 is 0. The maximum atomic E-state index is 13.4. The van der Waals surface area contributed by atoms with Crippen LogP contribution in [-0.4, -0.2) is 80.9 Å². The SMILES string of the molecule is Cn1cc(-c2ccc(N(C(O)NCc3ccc(OCCOc4cccc5c4C(=O)N(C4CCC(=O)NC4=O)C5=O)cc3)[C@H]3CC[C@H](Nc4ccc(C#N)cn4)CC3)cc2)ccc1=O. The molecule has 4 N–H and O–H groups in total. The third kappa shape index (κ3) is 9.44. The van der Waals surface area contributed by atoms with Gasteiger partial charge >= 0.3 is 0 Å². The van der Waals surface area contributed by atoms with Crippen molar-refractivity contribution in [3.63, 3.8) is 0 Å². The maximum absolute atomic E-state index is 13.4. The third-order valence-electron chi connectivity index (χ3n) is 11.6. The molecule has 2 atom stereocenters. The van der Waals surface area contributed by atoms with Crippen molar-refractivity contribution in [2.45, 2.75) is 69.5 Å². The van der Waals surface area contributed by atoms with Crippen LogP contribution in [0.2, 0.25) is 0 Å². The number of carbonyl (C=O) groups is 4. The lowest BCUT2D eigenvalue weighted by molar-refractivity contribution is -0.136. The summed E-state index contributed by atoms with van der Waals surface area (Å²) in [5.41, 5.74) is 4.24. The average molecular weight is 851 g/mol. The molecule has 3 aromatic carbocycles. The van der Waals surface area contributed by atoms with Gasteiger partial charge in [0.1, 0.15) is 42.6 Å². The van der Waals surface area contributed by atoms with Crippen LogP contribution in [0.4, 0.5) is 11.5 Å². The van der Waals surface area contributed by atoms with Gasteiger partial charge < -0.3 is 29.4 Å². The molecule has 2 fully saturated rings. The number of nitrogens with zero attached hydrogens (tertiary/aromatic N) is 5. The lowest BCUT2D eigenvalue weighted by atomic mass is 9.89. The molecule has 322 valence electrons. The number of piperidine rings is 1. The van der Waals surface area contributed by atoms with E-state index in [2.05, 4.69) is 27.0 Å². The molecule has 0 bridgehead atoms. The number of fused-ring (bicyclic) bond motifs is 1. The Morgan fingerprint density at radius 3 is 2.32 bits per heavy atom. The first-order valence-electron chi connectivity index (χ1n) is 20.8. The normalized spacial score (nSPS) is 18.9. The van der Waals surface area contributed by atoms with Crippen molar-refractivity contribution >= 4 is 35.1 Å². The van der Waals surface area contributed by atoms with Crippen molar-refractivity contribution in [3.8, 4) is 28.7 Å². The van der Waals surface area contributed by atoms with Crippen LogP contribution in [0, 0.1) is 11.3 Å². The van der Waals surface area contributed by atoms with Gasteiger partial charge in [0.25, 0.3) is 11.8 Å². The summed E-state index contributed by atoms with van der Waals surface area (Å²) < 4.78 is 13.4. The van der Waals surface area contributed by atoms with Gasteiger partial charge in [0.15, 0.2) is 6.35 Å². The molecule has 2 aliphatic heterocycles. The molecule has 1 saturated heterocycles. The molecule has 8 rings (SSSR count). The Morgan fingerprint density at radius 2 is 1.62 bits per heavy atom. The predicted octanol–water partition coefficient (Wildman–Crippen LogP) is 4.47. The second-order valence-electron chi connectivity index (χ2n) is 15.7. The largest absolute Gasteiger partial charge is 0.490 e. The van der Waals surface area contributed by atoms with Crippen LogP contribution in [0.3, 0.4) is 0 Å². The molecule has 16 nitrogen and oxygen atoms in total. The van der Waals surface area contributed by atoms with E-state index < -0.39 is 36.0 Å². The molecule has 4 heterocycles. The predicted molar refractivity (Wildman–Crippen MR) is 232 cm³/mol. The number of hydrogen-bond acceptors (Lipinski definition) is 13. The van der Waals surface area contributed by atoms with E-state index >= 15 is 0 Å². The number of amides is 4. The number of nitriles is 1. The molecule has 3 aliphatic rings. The zero-order valence-electron chi connectivity index (χ0n) is 34.5. The zero-order valence-corrected chi connectivity index (χ0v) is 34.5. The Hall–Kier alpha value is -7.35. The lowest BCUT2D eigenvalue weighted by Crippen LogP contribution is -2.54. The topological polar surface area (TPSA) is 208 Å². The monoisotopic (exact) mass is 850 g/mol. The summed E-state index contributed by atoms with van der Waals surface area (Å²) in [5.74, 6) is -0.869. The van der Waals surface area contributed by atoms with Gasteiger partial charge in [0, 0.05) is 56.2 Å². The first-order valence-corrected chi connectivity index (χ1v) is 20.8. The molecule has 0 radical (unpaired) electrons. The van der Waals surface area contributed by atoms with Gasteiger partial charge in [-0.05, 0) is 103 Å². The van der Waals surface area contributed by atoms with Gasteiger partial charge in [0.05, 0.1) is 16.7 Å². The Morgan fingerprint density at radius 1 is 0.873 bits per heavy atom. The molecule has 2 unspecified atom stereocenters. The summed E-state index contributed by atoms with van der Waals surface area (Å²) in [6.45, 7) is 0.564. The van der Waals surface area contributed by atoms with E-state index in [9.17, 15) is 29.1 Å². The summed E-state index contributed by atoms with van der Waals surface area (Å²) in [7, 11) is 1.72. The molecule has 1 saturated carbocycles. The van der Waals surface area contributed by atoms with Crippen molar-refractivity contribution in [1.82, 2.24) is 25.1 Å². The minimum Gasteiger partial charge on any atom is -0.490 e. The zero-order chi connectivity index (χ0) is 44.0. The number of aliphatic hydroxyl groups is 1. The Labute approximate surface area is 363 Å². The number of ether oxygens (including phenoxy) is 2. The van der Waals surface area contributed by atoms with Crippen LogP contribution in [0.5, 0.6) is 11.5 Å². The number of pyridine rings is 2. The van der Waals surface area contributed by atoms with Crippen LogP contribution < -0.4 is 35.9 Å². The highest BCUT2D eigenvalue weighted by molar-refractivity contribution is 6.24. The molecule has 2 aromatic heterocycles. The van der Waals surface area contributed by atoms with E-state index in [4.69, 9.17) is 14.7 Å². The average Bonchev–Trinajstić information content (AvgIpc) is 3.55. The Balaban J connectivity index is 0.870. The number of aromatic nitrogens is 2. The second kappa shape index (κ2) is 18.7. The number of anilines is 2. The molecule has 0 spiro atoms. The van der Waals surface area contributed by atoms with Gasteiger partial charge in [-0.1, -0.05) is 30.3 Å². The number of nitrogens with one attached hydrogen (secondary N) is 3. The molecule has 1 aliphatic carbocycles. The first-order chi connectivity index (χ1) is 30.6. The van der Waals surface area contributed by atoms with Gasteiger partial charge in [-0.2, -0.15) is 5.26 Å². The fourth-order valence-electron chi connectivity index (χ4n) is 8.32. The minimum absolute atomic E-state index is 0.0284. The van der Waals surface area contributed by atoms with Gasteiger partial charge in [-0.25, -0.2) is 4.98 Å². The number of aryl methyl sites for hydroxylation is 1. The standard InChI is InChI=1S/C47H46N8O8/c1-53-28-32(10-22-42(53)57)31-8-13-34(14-9-31)54(35-15-11-33(12-16-35)51-40-20-7-30(25-48)27-49-40)47(61)50-26-29-5-17-36(18-6-29)62-23-24-63-39-4-2-3-37-43(39)46(60)55(45(37)59)38-19-21-41(56)52-44(38)58/h2-10,13-14,17-18,20,22,27-28,33,35,38,47,50,61H,11-12,15-16,19,21,23-24,26H2,1H3,(H,49,51)(H,52,56,58)/t33-,35-,38?,47?. The van der Waals surface area contributed by atoms with Crippen LogP contribution >= 0.6 is 0 Å². The molecular formula is C47H46N8O8. The fourth-order valence-corrected chi connectivity index (χ4v) is 8.32. The van der Waals surface area contributed by atoms with Crippen LogP contribution in [0.15, 0.2) is 108 Å². The highest BCUT2D eigenvalue weighted by Crippen LogP contribution is 2.34. The van der Waals surface area contributed by atoms with Crippen LogP contribution in [0.25, 0.3) is 11.1 Å². The van der Waals surface area contributed by atoms with E-state index in [0.717, 1.165) is 58.8 Å². The van der Waals surface area contributed by atoms with Gasteiger partial charge in [0.2, 0.25) is 17.4 Å². The number of carbonyl (C=O) groups excluding carboxylic acids is 4. The molecule has 5 aromatic rings. The summed E-state index contributed by atoms with van der Waals surface area (Å²) in [5, 5.41) is 29.9. The fraction of sp³-hybridized carbons (Fsp3) is 0.298. The second-order valence-corrected chi connectivity index (χ2v) is 15.7. The smallest absolute Gasteiger partial charge is 0.266 e. The molecule has 16 heteroatoms. The van der Waals surface area contributed by atoms with E-state index in [1.165, 1.54) is 6.07 Å².